The van der Waals surface area contributed by atoms with Crippen LogP contribution >= 0.6 is 23.5 Å². The standard InChI is InChI=1S/C40H65N7O9S.CH3FS/c1-12-30-40(8)33(47(38(51)56-40)17-14-13-16-46-22-28(43-44-46)35-41-15-18-57-35)27(6)42-21-23(2)20-39(7,52-11)34(25(4)31(48)26(5)36(50)54-30)55-37-32(49)29(45(9)10)19-24(3)53-37;1-3-2/h15,18,22-27,29-30,32-34,37,42,49H,12-14,16-17,19-21H2,1-11H3;1H3/t23-,24?,25+,26-,27-,29?,30-,32?,33-,34-,37+,39-,40-;/m1./s1. The lowest BCUT2D eigenvalue weighted by atomic mass is 9.78. The molecule has 0 spiro atoms. The maximum Gasteiger partial charge on any atom is 0.410 e. The molecule has 340 valence electrons. The van der Waals surface area contributed by atoms with E-state index < -0.39 is 71.5 Å². The number of nitrogens with one attached hydrogen (secondary N) is 1. The highest BCUT2D eigenvalue weighted by molar-refractivity contribution is 7.93. The van der Waals surface area contributed by atoms with Gasteiger partial charge in [-0.05, 0) is 93.3 Å². The number of hydrogen-bond acceptors (Lipinski definition) is 16. The number of ketones is 1. The van der Waals surface area contributed by atoms with Gasteiger partial charge in [-0.25, -0.2) is 9.78 Å². The van der Waals surface area contributed by atoms with Gasteiger partial charge in [0.2, 0.25) is 0 Å². The molecule has 3 aliphatic heterocycles. The average Bonchev–Trinajstić information content (AvgIpc) is 3.97. The van der Waals surface area contributed by atoms with Crippen molar-refractivity contribution in [2.24, 2.45) is 17.8 Å². The number of esters is 1. The van der Waals surface area contributed by atoms with Crippen molar-refractivity contribution in [3.63, 3.8) is 0 Å². The zero-order valence-corrected chi connectivity index (χ0v) is 39.0. The predicted octanol–water partition coefficient (Wildman–Crippen LogP) is 5.39. The summed E-state index contributed by atoms with van der Waals surface area (Å²) < 4.78 is 43.5. The van der Waals surface area contributed by atoms with Gasteiger partial charge in [-0.2, -0.15) is 3.89 Å². The first-order valence-corrected chi connectivity index (χ1v) is 23.0. The molecule has 13 atom stereocenters. The van der Waals surface area contributed by atoms with Crippen LogP contribution in [0, 0.1) is 17.8 Å². The number of carbonyl (C=O) groups excluding carboxylic acids is 3. The van der Waals surface area contributed by atoms with Gasteiger partial charge >= 0.3 is 12.1 Å². The summed E-state index contributed by atoms with van der Waals surface area (Å²) in [5.41, 5.74) is -1.54. The highest BCUT2D eigenvalue weighted by Crippen LogP contribution is 2.40. The number of carbonyl (C=O) groups is 3. The van der Waals surface area contributed by atoms with Crippen molar-refractivity contribution in [1.82, 2.24) is 35.1 Å². The zero-order chi connectivity index (χ0) is 44.5. The number of methoxy groups -OCH3 is 1. The Hall–Kier alpha value is -2.78. The third kappa shape index (κ3) is 11.6. The Balaban J connectivity index is 0.00000257. The number of halogens is 1. The van der Waals surface area contributed by atoms with Crippen LogP contribution in [0.15, 0.2) is 17.8 Å². The second kappa shape index (κ2) is 22.0. The molecule has 60 heavy (non-hydrogen) atoms. The fourth-order valence-electron chi connectivity index (χ4n) is 9.07. The van der Waals surface area contributed by atoms with Crippen LogP contribution in [0.2, 0.25) is 0 Å². The number of aromatic nitrogens is 4. The molecule has 0 radical (unpaired) electrons. The molecule has 2 N–H and O–H groups in total. The number of thiazole rings is 1. The van der Waals surface area contributed by atoms with Crippen LogP contribution < -0.4 is 5.32 Å². The van der Waals surface area contributed by atoms with Gasteiger partial charge in [0, 0.05) is 68.2 Å². The first-order chi connectivity index (χ1) is 28.3. The summed E-state index contributed by atoms with van der Waals surface area (Å²) in [6, 6.07) is -1.02. The van der Waals surface area contributed by atoms with E-state index in [1.807, 2.05) is 65.2 Å². The smallest absolute Gasteiger partial charge is 0.410 e. The van der Waals surface area contributed by atoms with Gasteiger partial charge in [0.05, 0.1) is 30.0 Å². The molecule has 3 unspecified atom stereocenters. The molecule has 3 aliphatic rings. The molecular weight excluding hydrogens is 818 g/mol. The third-order valence-electron chi connectivity index (χ3n) is 12.3. The first-order valence-electron chi connectivity index (χ1n) is 21.0. The van der Waals surface area contributed by atoms with Crippen molar-refractivity contribution < 1.29 is 47.1 Å². The number of nitrogens with zero attached hydrogens (tertiary/aromatic N) is 6. The van der Waals surface area contributed by atoms with Crippen molar-refractivity contribution in [3.8, 4) is 10.7 Å². The van der Waals surface area contributed by atoms with E-state index >= 15 is 0 Å². The molecule has 3 fully saturated rings. The Morgan fingerprint density at radius 3 is 2.43 bits per heavy atom. The quantitative estimate of drug-likeness (QED) is 0.167. The topological polar surface area (TPSA) is 180 Å². The predicted molar refractivity (Wildman–Crippen MR) is 228 cm³/mol. The zero-order valence-electron chi connectivity index (χ0n) is 37.3. The number of Topliss-reactive ketones (excluding diaryl/α,β-unsaturated/α-hetero) is 1. The Morgan fingerprint density at radius 1 is 1.13 bits per heavy atom. The van der Waals surface area contributed by atoms with E-state index in [-0.39, 0.29) is 36.3 Å². The number of hydrogen-bond donors (Lipinski definition) is 2. The molecule has 2 aromatic rings. The highest BCUT2D eigenvalue weighted by Gasteiger charge is 2.58. The summed E-state index contributed by atoms with van der Waals surface area (Å²) in [6.07, 6.45) is 3.37. The van der Waals surface area contributed by atoms with Crippen LogP contribution in [0.4, 0.5) is 8.68 Å². The minimum Gasteiger partial charge on any atom is -0.458 e. The maximum atomic E-state index is 14.4. The van der Waals surface area contributed by atoms with E-state index in [2.05, 4.69) is 27.5 Å². The van der Waals surface area contributed by atoms with E-state index in [0.717, 1.165) is 17.1 Å². The normalized spacial score (nSPS) is 35.8. The molecule has 2 aromatic heterocycles. The van der Waals surface area contributed by atoms with Crippen molar-refractivity contribution >= 4 is 41.3 Å². The number of fused-ring (bicyclic) bond motifs is 1. The first kappa shape index (κ1) is 49.9. The van der Waals surface area contributed by atoms with E-state index in [0.29, 0.717) is 45.3 Å². The van der Waals surface area contributed by atoms with Crippen molar-refractivity contribution in [1.29, 1.82) is 0 Å². The van der Waals surface area contributed by atoms with E-state index in [4.69, 9.17) is 23.7 Å². The Labute approximate surface area is 363 Å². The van der Waals surface area contributed by atoms with Gasteiger partial charge in [-0.3, -0.25) is 19.2 Å². The van der Waals surface area contributed by atoms with Gasteiger partial charge in [0.15, 0.2) is 17.7 Å². The van der Waals surface area contributed by atoms with E-state index in [1.165, 1.54) is 24.5 Å². The molecule has 3 saturated heterocycles. The Bertz CT molecular complexity index is 1680. The van der Waals surface area contributed by atoms with Crippen molar-refractivity contribution in [2.45, 2.75) is 154 Å². The summed E-state index contributed by atoms with van der Waals surface area (Å²) >= 11 is 1.75. The highest BCUT2D eigenvalue weighted by atomic mass is 32.2. The lowest BCUT2D eigenvalue weighted by Crippen LogP contribution is -2.61. The van der Waals surface area contributed by atoms with E-state index in [9.17, 15) is 23.4 Å². The van der Waals surface area contributed by atoms with Crippen LogP contribution in [0.5, 0.6) is 0 Å². The molecule has 0 aromatic carbocycles. The summed E-state index contributed by atoms with van der Waals surface area (Å²) in [4.78, 5) is 50.1. The molecule has 5 rings (SSSR count). The number of unbranched alkanes of at least 4 members (excludes halogenated alkanes) is 1. The number of rotatable bonds is 11. The summed E-state index contributed by atoms with van der Waals surface area (Å²) in [6.45, 7) is 16.5. The number of cyclic esters (lactones) is 1. The molecule has 0 bridgehead atoms. The number of ether oxygens (including phenoxy) is 5. The molecule has 5 heterocycles. The Morgan fingerprint density at radius 2 is 1.82 bits per heavy atom. The molecule has 19 heteroatoms. The number of amides is 1. The third-order valence-corrected chi connectivity index (χ3v) is 13.1. The molecule has 1 amide bonds. The summed E-state index contributed by atoms with van der Waals surface area (Å²) in [7, 11) is 5.39. The fourth-order valence-corrected chi connectivity index (χ4v) is 9.66. The number of aryl methyl sites for hydroxylation is 1. The lowest BCUT2D eigenvalue weighted by molar-refractivity contribution is -0.295. The van der Waals surface area contributed by atoms with Crippen LogP contribution in [0.1, 0.15) is 87.5 Å². The van der Waals surface area contributed by atoms with Crippen LogP contribution in [-0.4, -0.2) is 153 Å². The van der Waals surface area contributed by atoms with Gasteiger partial charge in [0.1, 0.15) is 28.8 Å². The molecule has 0 aliphatic carbocycles. The molecule has 16 nitrogen and oxygen atoms in total. The molecule has 0 saturated carbocycles. The fraction of sp³-hybridized carbons (Fsp3) is 0.805. The second-order valence-electron chi connectivity index (χ2n) is 17.2. The summed E-state index contributed by atoms with van der Waals surface area (Å²) in [5.74, 6) is -3.14. The van der Waals surface area contributed by atoms with Crippen LogP contribution in [0.25, 0.3) is 10.7 Å². The summed E-state index contributed by atoms with van der Waals surface area (Å²) in [5, 5.41) is 26.3. The van der Waals surface area contributed by atoms with Gasteiger partial charge in [0.25, 0.3) is 0 Å². The number of aliphatic hydroxyl groups excluding tert-OH is 1. The maximum absolute atomic E-state index is 14.4. The van der Waals surface area contributed by atoms with Crippen LogP contribution in [0.3, 0.4) is 0 Å². The van der Waals surface area contributed by atoms with Crippen LogP contribution in [-0.2, 0) is 39.8 Å². The average molecular weight is 886 g/mol. The Kier molecular flexibility index (Phi) is 18.3. The number of likely N-dealkylation sites (N-methyl/N-ethyl adjacent to an activating group) is 1. The lowest BCUT2D eigenvalue weighted by Gasteiger charge is -2.46. The van der Waals surface area contributed by atoms with Crippen molar-refractivity contribution in [2.75, 3.05) is 40.6 Å². The minimum absolute atomic E-state index is 0.00599. The monoisotopic (exact) mass is 885 g/mol. The second-order valence-corrected chi connectivity index (χ2v) is 18.4. The number of aliphatic hydroxyl groups is 1. The largest absolute Gasteiger partial charge is 0.458 e. The van der Waals surface area contributed by atoms with Gasteiger partial charge in [-0.15, -0.1) is 16.4 Å². The van der Waals surface area contributed by atoms with Crippen molar-refractivity contribution in [3.05, 3.63) is 17.8 Å². The van der Waals surface area contributed by atoms with E-state index in [1.54, 1.807) is 29.8 Å². The van der Waals surface area contributed by atoms with Gasteiger partial charge in [-0.1, -0.05) is 26.0 Å². The van der Waals surface area contributed by atoms with Gasteiger partial charge < -0.3 is 39.0 Å². The molecular formula is C41H68FN7O9S2. The minimum atomic E-state index is -1.22. The SMILES string of the molecule is CC[C@H]1OC(=O)[C@H](C)C(=O)[C@H](C)[C@@H](O[C@@H]2OC(C)CC(N(C)C)C2O)[C@](C)(OC)C[C@@H](C)CN[C@H](C)[C@H]2N(CCCCn3cc(-c4nccs4)nn3)C(=O)O[C@]12C.CSF.